The van der Waals surface area contributed by atoms with E-state index in [1.54, 1.807) is 13.0 Å². The first-order valence-electron chi connectivity index (χ1n) is 4.35. The Labute approximate surface area is 90.6 Å². The normalized spacial score (nSPS) is 10.4. The smallest absolute Gasteiger partial charge is 0.338 e. The number of ether oxygens (including phenoxy) is 1. The zero-order valence-electron chi connectivity index (χ0n) is 8.07. The minimum Gasteiger partial charge on any atom is -0.462 e. The molecule has 0 aromatic heterocycles. The van der Waals surface area contributed by atoms with Crippen LogP contribution in [-0.2, 0) is 4.74 Å². The van der Waals surface area contributed by atoms with Crippen molar-refractivity contribution in [2.24, 2.45) is 0 Å². The van der Waals surface area contributed by atoms with E-state index < -0.39 is 11.7 Å². The summed E-state index contributed by atoms with van der Waals surface area (Å²) in [5.41, 5.74) is 0.294. The van der Waals surface area contributed by atoms with E-state index in [2.05, 4.69) is 0 Å². The summed E-state index contributed by atoms with van der Waals surface area (Å²) < 4.78 is 28.8. The molecule has 1 aromatic rings. The highest BCUT2D eigenvalue weighted by molar-refractivity contribution is 7.99. The SMILES string of the molecule is CCOC(=O)c1cccc(SC(F)F)c1. The van der Waals surface area contributed by atoms with Gasteiger partial charge in [-0.2, -0.15) is 8.78 Å². The third-order valence-corrected chi connectivity index (χ3v) is 2.27. The van der Waals surface area contributed by atoms with Crippen molar-refractivity contribution in [1.82, 2.24) is 0 Å². The number of alkyl halides is 2. The van der Waals surface area contributed by atoms with Crippen LogP contribution in [0.25, 0.3) is 0 Å². The molecule has 5 heteroatoms. The monoisotopic (exact) mass is 232 g/mol. The summed E-state index contributed by atoms with van der Waals surface area (Å²) >= 11 is 0.407. The fourth-order valence-corrected chi connectivity index (χ4v) is 1.57. The first kappa shape index (κ1) is 12.0. The van der Waals surface area contributed by atoms with Gasteiger partial charge in [-0.15, -0.1) is 0 Å². The minimum atomic E-state index is -2.48. The van der Waals surface area contributed by atoms with Crippen LogP contribution in [0, 0.1) is 0 Å². The largest absolute Gasteiger partial charge is 0.462 e. The van der Waals surface area contributed by atoms with Crippen LogP contribution in [0.1, 0.15) is 17.3 Å². The molecule has 0 atom stereocenters. The molecule has 0 heterocycles. The average molecular weight is 232 g/mol. The Morgan fingerprint density at radius 1 is 1.53 bits per heavy atom. The highest BCUT2D eigenvalue weighted by atomic mass is 32.2. The summed E-state index contributed by atoms with van der Waals surface area (Å²) in [5.74, 6) is -2.98. The van der Waals surface area contributed by atoms with E-state index in [4.69, 9.17) is 4.74 Å². The number of carbonyl (C=O) groups is 1. The number of benzene rings is 1. The lowest BCUT2D eigenvalue weighted by Gasteiger charge is -2.04. The summed E-state index contributed by atoms with van der Waals surface area (Å²) in [6.45, 7) is 1.96. The van der Waals surface area contributed by atoms with Crippen LogP contribution in [0.2, 0.25) is 0 Å². The van der Waals surface area contributed by atoms with Gasteiger partial charge in [-0.05, 0) is 25.1 Å². The minimum absolute atomic E-state index is 0.269. The summed E-state index contributed by atoms with van der Waals surface area (Å²) in [5, 5.41) is 0. The van der Waals surface area contributed by atoms with Crippen molar-refractivity contribution in [3.8, 4) is 0 Å². The molecular weight excluding hydrogens is 222 g/mol. The highest BCUT2D eigenvalue weighted by Crippen LogP contribution is 2.25. The summed E-state index contributed by atoms with van der Waals surface area (Å²) in [6, 6.07) is 6.01. The maximum atomic E-state index is 12.0. The van der Waals surface area contributed by atoms with Gasteiger partial charge in [-0.25, -0.2) is 4.79 Å². The number of rotatable bonds is 4. The van der Waals surface area contributed by atoms with E-state index in [1.807, 2.05) is 0 Å². The molecule has 0 aliphatic rings. The Bertz CT molecular complexity index is 342. The number of halogens is 2. The standard InChI is InChI=1S/C10H10F2O2S/c1-2-14-9(13)7-4-3-5-8(6-7)15-10(11)12/h3-6,10H,2H2,1H3. The molecule has 1 aromatic carbocycles. The first-order valence-corrected chi connectivity index (χ1v) is 5.23. The first-order chi connectivity index (χ1) is 7.13. The van der Waals surface area contributed by atoms with Crippen LogP contribution in [0.3, 0.4) is 0 Å². The van der Waals surface area contributed by atoms with Gasteiger partial charge in [0.25, 0.3) is 5.76 Å². The summed E-state index contributed by atoms with van der Waals surface area (Å²) in [6.07, 6.45) is 0. The van der Waals surface area contributed by atoms with Gasteiger partial charge in [0.1, 0.15) is 0 Å². The molecule has 15 heavy (non-hydrogen) atoms. The van der Waals surface area contributed by atoms with E-state index in [1.165, 1.54) is 18.2 Å². The van der Waals surface area contributed by atoms with E-state index in [-0.39, 0.29) is 6.61 Å². The fourth-order valence-electron chi connectivity index (χ4n) is 1.01. The molecule has 0 bridgehead atoms. The van der Waals surface area contributed by atoms with E-state index in [0.717, 1.165) is 0 Å². The van der Waals surface area contributed by atoms with Crippen molar-refractivity contribution in [3.63, 3.8) is 0 Å². The van der Waals surface area contributed by atoms with Crippen LogP contribution >= 0.6 is 11.8 Å². The highest BCUT2D eigenvalue weighted by Gasteiger charge is 2.09. The van der Waals surface area contributed by atoms with Crippen LogP contribution in [0.5, 0.6) is 0 Å². The quantitative estimate of drug-likeness (QED) is 0.589. The lowest BCUT2D eigenvalue weighted by atomic mass is 10.2. The molecule has 2 nitrogen and oxygen atoms in total. The predicted molar refractivity (Wildman–Crippen MR) is 54.3 cm³/mol. The van der Waals surface area contributed by atoms with Gasteiger partial charge in [-0.1, -0.05) is 17.8 Å². The number of esters is 1. The zero-order valence-corrected chi connectivity index (χ0v) is 8.89. The molecule has 0 N–H and O–H groups in total. The van der Waals surface area contributed by atoms with Crippen LogP contribution in [0.15, 0.2) is 29.2 Å². The number of carbonyl (C=O) groups excluding carboxylic acids is 1. The van der Waals surface area contributed by atoms with Gasteiger partial charge >= 0.3 is 5.97 Å². The number of hydrogen-bond donors (Lipinski definition) is 0. The van der Waals surface area contributed by atoms with Crippen molar-refractivity contribution in [2.45, 2.75) is 17.6 Å². The van der Waals surface area contributed by atoms with E-state index in [9.17, 15) is 13.6 Å². The number of hydrogen-bond acceptors (Lipinski definition) is 3. The summed E-state index contributed by atoms with van der Waals surface area (Å²) in [7, 11) is 0. The Hall–Kier alpha value is -1.10. The predicted octanol–water partition coefficient (Wildman–Crippen LogP) is 3.18. The lowest BCUT2D eigenvalue weighted by molar-refractivity contribution is 0.0526. The molecular formula is C10H10F2O2S. The lowest BCUT2D eigenvalue weighted by Crippen LogP contribution is -2.04. The van der Waals surface area contributed by atoms with Crippen LogP contribution in [0.4, 0.5) is 8.78 Å². The van der Waals surface area contributed by atoms with E-state index >= 15 is 0 Å². The molecule has 0 fully saturated rings. The van der Waals surface area contributed by atoms with Crippen molar-refractivity contribution >= 4 is 17.7 Å². The molecule has 0 saturated heterocycles. The molecule has 0 saturated carbocycles. The van der Waals surface area contributed by atoms with Gasteiger partial charge in [0.15, 0.2) is 0 Å². The molecule has 0 aliphatic carbocycles. The molecule has 0 unspecified atom stereocenters. The molecule has 0 aliphatic heterocycles. The van der Waals surface area contributed by atoms with Crippen molar-refractivity contribution in [3.05, 3.63) is 29.8 Å². The van der Waals surface area contributed by atoms with Crippen LogP contribution in [-0.4, -0.2) is 18.3 Å². The molecule has 0 radical (unpaired) electrons. The van der Waals surface area contributed by atoms with Gasteiger partial charge < -0.3 is 4.74 Å². The van der Waals surface area contributed by atoms with Crippen LogP contribution < -0.4 is 0 Å². The van der Waals surface area contributed by atoms with Crippen molar-refractivity contribution < 1.29 is 18.3 Å². The molecule has 0 spiro atoms. The third-order valence-electron chi connectivity index (χ3n) is 1.57. The van der Waals surface area contributed by atoms with Gasteiger partial charge in [0.2, 0.25) is 0 Å². The molecule has 1 rings (SSSR count). The molecule has 82 valence electrons. The number of thioether (sulfide) groups is 1. The molecule has 0 amide bonds. The van der Waals surface area contributed by atoms with Crippen molar-refractivity contribution in [2.75, 3.05) is 6.61 Å². The maximum absolute atomic E-state index is 12.0. The summed E-state index contributed by atoms with van der Waals surface area (Å²) in [4.78, 5) is 11.6. The Morgan fingerprint density at radius 3 is 2.87 bits per heavy atom. The topological polar surface area (TPSA) is 26.3 Å². The van der Waals surface area contributed by atoms with E-state index in [0.29, 0.717) is 22.2 Å². The zero-order chi connectivity index (χ0) is 11.3. The van der Waals surface area contributed by atoms with Gasteiger partial charge in [-0.3, -0.25) is 0 Å². The average Bonchev–Trinajstić information content (AvgIpc) is 2.17. The maximum Gasteiger partial charge on any atom is 0.338 e. The second kappa shape index (κ2) is 5.70. The van der Waals surface area contributed by atoms with Gasteiger partial charge in [0, 0.05) is 4.90 Å². The van der Waals surface area contributed by atoms with Crippen molar-refractivity contribution in [1.29, 1.82) is 0 Å². The fraction of sp³-hybridized carbons (Fsp3) is 0.300. The Morgan fingerprint density at radius 2 is 2.27 bits per heavy atom. The third kappa shape index (κ3) is 3.87. The van der Waals surface area contributed by atoms with Gasteiger partial charge in [0.05, 0.1) is 12.2 Å². The Kier molecular flexibility index (Phi) is 4.55. The second-order valence-electron chi connectivity index (χ2n) is 2.63. The Balaban J connectivity index is 2.78. The second-order valence-corrected chi connectivity index (χ2v) is 3.69.